The van der Waals surface area contributed by atoms with Crippen molar-refractivity contribution in [1.82, 2.24) is 14.5 Å². The Kier molecular flexibility index (Phi) is 7.07. The number of rotatable bonds is 7. The van der Waals surface area contributed by atoms with E-state index in [1.807, 2.05) is 0 Å². The molecule has 1 heterocycles. The molecule has 0 spiro atoms. The molecular weight excluding hydrogens is 346 g/mol. The van der Waals surface area contributed by atoms with Crippen LogP contribution in [0.1, 0.15) is 20.3 Å². The van der Waals surface area contributed by atoms with Crippen LogP contribution in [0.3, 0.4) is 0 Å². The number of hydrogen-bond donors (Lipinski definition) is 1. The van der Waals surface area contributed by atoms with Crippen LogP contribution in [0.4, 0.5) is 0 Å². The van der Waals surface area contributed by atoms with Gasteiger partial charge in [0.05, 0.1) is 5.02 Å². The molecule has 1 saturated heterocycles. The summed E-state index contributed by atoms with van der Waals surface area (Å²) in [6.45, 7) is 8.74. The van der Waals surface area contributed by atoms with Gasteiger partial charge in [-0.25, -0.2) is 13.1 Å². The number of hydrogen-bond acceptors (Lipinski definition) is 4. The van der Waals surface area contributed by atoms with Crippen molar-refractivity contribution in [2.45, 2.75) is 31.2 Å². The van der Waals surface area contributed by atoms with Crippen molar-refractivity contribution in [1.29, 1.82) is 0 Å². The number of nitrogens with one attached hydrogen (secondary N) is 1. The smallest absolute Gasteiger partial charge is 0.242 e. The van der Waals surface area contributed by atoms with Gasteiger partial charge < -0.3 is 4.90 Å². The van der Waals surface area contributed by atoms with Crippen LogP contribution in [0.15, 0.2) is 29.2 Å². The monoisotopic (exact) mass is 373 g/mol. The molecule has 136 valence electrons. The third kappa shape index (κ3) is 5.43. The minimum atomic E-state index is -3.59. The molecule has 2 rings (SSSR count). The molecule has 24 heavy (non-hydrogen) atoms. The highest BCUT2D eigenvalue weighted by Crippen LogP contribution is 2.21. The molecule has 1 unspecified atom stereocenters. The van der Waals surface area contributed by atoms with Gasteiger partial charge >= 0.3 is 0 Å². The average molecular weight is 374 g/mol. The van der Waals surface area contributed by atoms with Gasteiger partial charge in [0, 0.05) is 38.8 Å². The summed E-state index contributed by atoms with van der Waals surface area (Å²) >= 11 is 6.04. The van der Waals surface area contributed by atoms with Crippen LogP contribution >= 0.6 is 11.6 Å². The molecule has 1 atom stereocenters. The lowest BCUT2D eigenvalue weighted by Gasteiger charge is -2.38. The van der Waals surface area contributed by atoms with Gasteiger partial charge in [0.2, 0.25) is 10.0 Å². The molecule has 0 saturated carbocycles. The van der Waals surface area contributed by atoms with E-state index in [1.165, 1.54) is 6.07 Å². The maximum absolute atomic E-state index is 12.6. The van der Waals surface area contributed by atoms with Gasteiger partial charge in [-0.05, 0) is 31.5 Å². The van der Waals surface area contributed by atoms with Crippen molar-refractivity contribution >= 4 is 21.6 Å². The zero-order valence-electron chi connectivity index (χ0n) is 14.7. The van der Waals surface area contributed by atoms with Crippen LogP contribution in [-0.4, -0.2) is 64.0 Å². The molecule has 1 aliphatic rings. The van der Waals surface area contributed by atoms with Crippen molar-refractivity contribution in [2.75, 3.05) is 39.8 Å². The molecule has 5 nitrogen and oxygen atoms in total. The topological polar surface area (TPSA) is 52.7 Å². The predicted molar refractivity (Wildman–Crippen MR) is 99.0 cm³/mol. The summed E-state index contributed by atoms with van der Waals surface area (Å²) in [5.41, 5.74) is 0. The highest BCUT2D eigenvalue weighted by Gasteiger charge is 2.26. The van der Waals surface area contributed by atoms with Crippen LogP contribution < -0.4 is 4.72 Å². The second-order valence-electron chi connectivity index (χ2n) is 6.90. The van der Waals surface area contributed by atoms with E-state index in [-0.39, 0.29) is 16.0 Å². The lowest BCUT2D eigenvalue weighted by atomic mass is 10.0. The minimum Gasteiger partial charge on any atom is -0.304 e. The summed E-state index contributed by atoms with van der Waals surface area (Å²) < 4.78 is 27.9. The third-order valence-electron chi connectivity index (χ3n) is 4.43. The number of sulfonamides is 1. The Labute approximate surface area is 151 Å². The van der Waals surface area contributed by atoms with E-state index in [0.29, 0.717) is 12.5 Å². The van der Waals surface area contributed by atoms with Crippen LogP contribution in [0.5, 0.6) is 0 Å². The van der Waals surface area contributed by atoms with Gasteiger partial charge in [0.15, 0.2) is 0 Å². The number of nitrogens with zero attached hydrogens (tertiary/aromatic N) is 2. The quantitative estimate of drug-likeness (QED) is 0.796. The Bertz CT molecular complexity index is 628. The van der Waals surface area contributed by atoms with E-state index in [0.717, 1.165) is 32.6 Å². The fourth-order valence-corrected chi connectivity index (χ4v) is 4.63. The standard InChI is InChI=1S/C17H28ClN3O2S/c1-14(2)12-15(21-10-8-20(3)9-11-21)13-19-24(22,23)17-7-5-4-6-16(17)18/h4-7,14-15,19H,8-13H2,1-3H3. The largest absolute Gasteiger partial charge is 0.304 e. The van der Waals surface area contributed by atoms with Crippen LogP contribution in [0, 0.1) is 5.92 Å². The predicted octanol–water partition coefficient (Wildman–Crippen LogP) is 2.28. The Morgan fingerprint density at radius 3 is 2.38 bits per heavy atom. The molecule has 1 N–H and O–H groups in total. The Hall–Kier alpha value is -0.660. The molecule has 0 bridgehead atoms. The van der Waals surface area contributed by atoms with Crippen LogP contribution in [0.25, 0.3) is 0 Å². The molecule has 0 aromatic heterocycles. The van der Waals surface area contributed by atoms with Crippen LogP contribution in [0.2, 0.25) is 5.02 Å². The van der Waals surface area contributed by atoms with Gasteiger partial charge in [0.1, 0.15) is 4.90 Å². The summed E-state index contributed by atoms with van der Waals surface area (Å²) in [6.07, 6.45) is 0.967. The Morgan fingerprint density at radius 2 is 1.79 bits per heavy atom. The zero-order chi connectivity index (χ0) is 17.7. The van der Waals surface area contributed by atoms with E-state index in [2.05, 4.69) is 35.4 Å². The summed E-state index contributed by atoms with van der Waals surface area (Å²) in [5.74, 6) is 0.513. The first-order chi connectivity index (χ1) is 11.3. The first-order valence-corrected chi connectivity index (χ1v) is 10.3. The molecule has 0 amide bonds. The maximum atomic E-state index is 12.6. The second-order valence-corrected chi connectivity index (χ2v) is 9.05. The maximum Gasteiger partial charge on any atom is 0.242 e. The molecule has 0 radical (unpaired) electrons. The summed E-state index contributed by atoms with van der Waals surface area (Å²) in [4.78, 5) is 4.85. The molecule has 1 fully saturated rings. The number of benzene rings is 1. The van der Waals surface area contributed by atoms with E-state index < -0.39 is 10.0 Å². The summed E-state index contributed by atoms with van der Waals surface area (Å²) in [6, 6.07) is 6.76. The highest BCUT2D eigenvalue weighted by atomic mass is 35.5. The van der Waals surface area contributed by atoms with Crippen molar-refractivity contribution in [2.24, 2.45) is 5.92 Å². The second kappa shape index (κ2) is 8.63. The Balaban J connectivity index is 2.05. The lowest BCUT2D eigenvalue weighted by Crippen LogP contribution is -2.52. The SMILES string of the molecule is CC(C)CC(CNS(=O)(=O)c1ccccc1Cl)N1CCN(C)CC1. The molecular formula is C17H28ClN3O2S. The third-order valence-corrected chi connectivity index (χ3v) is 6.36. The van der Waals surface area contributed by atoms with Gasteiger partial charge in [-0.2, -0.15) is 0 Å². The molecule has 1 aromatic rings. The minimum absolute atomic E-state index is 0.147. The van der Waals surface area contributed by atoms with Gasteiger partial charge in [-0.3, -0.25) is 4.90 Å². The van der Waals surface area contributed by atoms with Gasteiger partial charge in [-0.1, -0.05) is 37.6 Å². The zero-order valence-corrected chi connectivity index (χ0v) is 16.3. The van der Waals surface area contributed by atoms with Crippen molar-refractivity contribution in [3.63, 3.8) is 0 Å². The average Bonchev–Trinajstić information content (AvgIpc) is 2.52. The molecule has 0 aliphatic carbocycles. The summed E-state index contributed by atoms with van der Waals surface area (Å²) in [5, 5.41) is 0.255. The summed E-state index contributed by atoms with van der Waals surface area (Å²) in [7, 11) is -1.47. The first-order valence-electron chi connectivity index (χ1n) is 8.46. The van der Waals surface area contributed by atoms with E-state index in [9.17, 15) is 8.42 Å². The molecule has 1 aliphatic heterocycles. The number of likely N-dealkylation sites (N-methyl/N-ethyl adjacent to an activating group) is 1. The number of halogens is 1. The van der Waals surface area contributed by atoms with Crippen molar-refractivity contribution in [3.8, 4) is 0 Å². The van der Waals surface area contributed by atoms with Crippen molar-refractivity contribution in [3.05, 3.63) is 29.3 Å². The first kappa shape index (κ1) is 19.7. The fraction of sp³-hybridized carbons (Fsp3) is 0.647. The van der Waals surface area contributed by atoms with Crippen LogP contribution in [-0.2, 0) is 10.0 Å². The number of piperazine rings is 1. The lowest BCUT2D eigenvalue weighted by molar-refractivity contribution is 0.102. The highest BCUT2D eigenvalue weighted by molar-refractivity contribution is 7.89. The fourth-order valence-electron chi connectivity index (χ4n) is 3.04. The normalized spacial score (nSPS) is 18.9. The van der Waals surface area contributed by atoms with E-state index in [1.54, 1.807) is 18.2 Å². The molecule has 1 aromatic carbocycles. The van der Waals surface area contributed by atoms with Gasteiger partial charge in [-0.15, -0.1) is 0 Å². The molecule has 7 heteroatoms. The van der Waals surface area contributed by atoms with E-state index in [4.69, 9.17) is 11.6 Å². The van der Waals surface area contributed by atoms with Gasteiger partial charge in [0.25, 0.3) is 0 Å². The van der Waals surface area contributed by atoms with Crippen molar-refractivity contribution < 1.29 is 8.42 Å². The Morgan fingerprint density at radius 1 is 1.17 bits per heavy atom. The van der Waals surface area contributed by atoms with E-state index >= 15 is 0 Å².